The number of benzene rings is 1. The lowest BCUT2D eigenvalue weighted by molar-refractivity contribution is -0.156. The number of nitrogens with zero attached hydrogens (tertiary/aromatic N) is 2. The number of amides is 4. The van der Waals surface area contributed by atoms with Gasteiger partial charge in [-0.15, -0.1) is 0 Å². The van der Waals surface area contributed by atoms with Crippen molar-refractivity contribution in [2.45, 2.75) is 57.6 Å². The van der Waals surface area contributed by atoms with Gasteiger partial charge in [0.1, 0.15) is 12.1 Å². The number of anilines is 1. The van der Waals surface area contributed by atoms with E-state index in [1.807, 2.05) is 31.2 Å². The number of hydrogen-bond donors (Lipinski definition) is 1. The smallest absolute Gasteiger partial charge is 0.327 e. The van der Waals surface area contributed by atoms with Crippen LogP contribution in [0.1, 0.15) is 45.1 Å². The Bertz CT molecular complexity index is 901. The molecule has 2 aliphatic heterocycles. The molecule has 1 aliphatic carbocycles. The number of esters is 1. The van der Waals surface area contributed by atoms with Gasteiger partial charge in [-0.05, 0) is 43.7 Å². The van der Waals surface area contributed by atoms with Crippen molar-refractivity contribution >= 4 is 29.5 Å². The Morgan fingerprint density at radius 1 is 1.27 bits per heavy atom. The molecule has 2 heterocycles. The minimum Gasteiger partial charge on any atom is -0.451 e. The maximum absolute atomic E-state index is 13.0. The van der Waals surface area contributed by atoms with Crippen molar-refractivity contribution in [3.05, 3.63) is 29.8 Å². The van der Waals surface area contributed by atoms with Crippen LogP contribution in [-0.4, -0.2) is 53.4 Å². The molecule has 1 spiro atoms. The number of fused-ring (bicyclic) bond motifs is 1. The highest BCUT2D eigenvalue weighted by atomic mass is 16.5. The number of rotatable bonds is 4. The minimum absolute atomic E-state index is 0.0134. The summed E-state index contributed by atoms with van der Waals surface area (Å²) in [6.07, 6.45) is 3.06. The van der Waals surface area contributed by atoms with E-state index in [1.165, 1.54) is 6.92 Å². The predicted octanol–water partition coefficient (Wildman–Crippen LogP) is 2.01. The van der Waals surface area contributed by atoms with Crippen LogP contribution in [0.4, 0.5) is 10.5 Å². The fourth-order valence-corrected chi connectivity index (χ4v) is 4.84. The molecule has 3 aliphatic rings. The van der Waals surface area contributed by atoms with Gasteiger partial charge in [0.15, 0.2) is 6.10 Å². The number of para-hydroxylation sites is 1. The summed E-state index contributed by atoms with van der Waals surface area (Å²) in [5.74, 6) is -1.45. The second-order valence-corrected chi connectivity index (χ2v) is 8.44. The Labute approximate surface area is 175 Å². The first-order valence-corrected chi connectivity index (χ1v) is 10.6. The van der Waals surface area contributed by atoms with E-state index in [0.717, 1.165) is 41.8 Å². The van der Waals surface area contributed by atoms with Crippen molar-refractivity contribution in [1.29, 1.82) is 0 Å². The molecular formula is C22H27N3O5. The first-order chi connectivity index (χ1) is 14.3. The third-order valence-electron chi connectivity index (χ3n) is 6.60. The summed E-state index contributed by atoms with van der Waals surface area (Å²) < 4.78 is 5.30. The Kier molecular flexibility index (Phi) is 5.26. The molecule has 2 fully saturated rings. The van der Waals surface area contributed by atoms with E-state index in [1.54, 1.807) is 4.90 Å². The molecule has 8 nitrogen and oxygen atoms in total. The molecule has 160 valence electrons. The fraction of sp³-hybridized carbons (Fsp3) is 0.545. The van der Waals surface area contributed by atoms with Crippen molar-refractivity contribution in [2.75, 3.05) is 18.0 Å². The van der Waals surface area contributed by atoms with Crippen LogP contribution in [0, 0.1) is 5.92 Å². The van der Waals surface area contributed by atoms with Crippen LogP contribution in [0.5, 0.6) is 0 Å². The highest BCUT2D eigenvalue weighted by Crippen LogP contribution is 2.38. The van der Waals surface area contributed by atoms with E-state index in [-0.39, 0.29) is 17.7 Å². The predicted molar refractivity (Wildman–Crippen MR) is 109 cm³/mol. The monoisotopic (exact) mass is 413 g/mol. The lowest BCUT2D eigenvalue weighted by Crippen LogP contribution is -2.54. The van der Waals surface area contributed by atoms with Crippen molar-refractivity contribution in [1.82, 2.24) is 10.2 Å². The number of carbonyl (C=O) groups excluding carboxylic acids is 4. The van der Waals surface area contributed by atoms with Crippen molar-refractivity contribution < 1.29 is 23.9 Å². The minimum atomic E-state index is -1.01. The van der Waals surface area contributed by atoms with Crippen LogP contribution in [0.25, 0.3) is 0 Å². The maximum Gasteiger partial charge on any atom is 0.327 e. The van der Waals surface area contributed by atoms with Gasteiger partial charge in [-0.1, -0.05) is 38.0 Å². The number of hydrogen-bond acceptors (Lipinski definition) is 5. The quantitative estimate of drug-likeness (QED) is 0.602. The van der Waals surface area contributed by atoms with E-state index in [2.05, 4.69) is 5.32 Å². The molecule has 8 heteroatoms. The molecule has 4 rings (SSSR count). The summed E-state index contributed by atoms with van der Waals surface area (Å²) in [4.78, 5) is 53.1. The molecule has 4 amide bonds. The van der Waals surface area contributed by atoms with Gasteiger partial charge in [0.2, 0.25) is 0 Å². The maximum atomic E-state index is 13.0. The van der Waals surface area contributed by atoms with Crippen LogP contribution in [0.2, 0.25) is 0 Å². The summed E-state index contributed by atoms with van der Waals surface area (Å²) >= 11 is 0. The van der Waals surface area contributed by atoms with Gasteiger partial charge in [0.05, 0.1) is 0 Å². The average Bonchev–Trinajstić information content (AvgIpc) is 3.25. The molecule has 0 radical (unpaired) electrons. The lowest BCUT2D eigenvalue weighted by Gasteiger charge is -2.36. The second kappa shape index (κ2) is 7.74. The summed E-state index contributed by atoms with van der Waals surface area (Å²) in [5.41, 5.74) is 0.986. The molecule has 0 unspecified atom stereocenters. The highest BCUT2D eigenvalue weighted by molar-refractivity contribution is 6.09. The van der Waals surface area contributed by atoms with E-state index in [4.69, 9.17) is 4.74 Å². The number of imide groups is 1. The Hall–Kier alpha value is -2.90. The topological polar surface area (TPSA) is 96.0 Å². The third kappa shape index (κ3) is 3.34. The van der Waals surface area contributed by atoms with Crippen LogP contribution < -0.4 is 10.2 Å². The Balaban J connectivity index is 1.38. The van der Waals surface area contributed by atoms with Crippen LogP contribution in [-0.2, 0) is 25.5 Å². The molecule has 30 heavy (non-hydrogen) atoms. The number of ether oxygens (including phenoxy) is 1. The zero-order valence-electron chi connectivity index (χ0n) is 17.3. The number of nitrogens with one attached hydrogen (secondary N) is 1. The summed E-state index contributed by atoms with van der Waals surface area (Å²) in [6.45, 7) is 3.51. The third-order valence-corrected chi connectivity index (χ3v) is 6.60. The summed E-state index contributed by atoms with van der Waals surface area (Å²) in [6, 6.07) is 7.05. The van der Waals surface area contributed by atoms with E-state index in [0.29, 0.717) is 13.0 Å². The largest absolute Gasteiger partial charge is 0.451 e. The highest BCUT2D eigenvalue weighted by Gasteiger charge is 2.55. The first kappa shape index (κ1) is 20.4. The van der Waals surface area contributed by atoms with Crippen LogP contribution in [0.3, 0.4) is 0 Å². The second-order valence-electron chi connectivity index (χ2n) is 8.44. The molecular weight excluding hydrogens is 386 g/mol. The zero-order valence-corrected chi connectivity index (χ0v) is 17.3. The van der Waals surface area contributed by atoms with Gasteiger partial charge in [-0.3, -0.25) is 19.3 Å². The Morgan fingerprint density at radius 2 is 2.03 bits per heavy atom. The summed E-state index contributed by atoms with van der Waals surface area (Å²) in [7, 11) is 0. The normalized spacial score (nSPS) is 26.5. The molecule has 1 aromatic rings. The van der Waals surface area contributed by atoms with Gasteiger partial charge in [-0.25, -0.2) is 4.79 Å². The lowest BCUT2D eigenvalue weighted by atomic mass is 9.73. The molecule has 1 saturated carbocycles. The molecule has 1 N–H and O–H groups in total. The standard InChI is InChI=1S/C22H27N3O5/c1-14-7-5-6-11-22(14)20(28)25(21(29)23-22)13-18(26)30-15(2)19(27)24-12-10-16-8-3-4-9-17(16)24/h3-4,8-9,14-15H,5-7,10-13H2,1-2H3,(H,23,29)/t14-,15-,22+/m0/s1. The van der Waals surface area contributed by atoms with Gasteiger partial charge in [0.25, 0.3) is 11.8 Å². The van der Waals surface area contributed by atoms with E-state index < -0.39 is 30.2 Å². The molecule has 1 saturated heterocycles. The fourth-order valence-electron chi connectivity index (χ4n) is 4.84. The van der Waals surface area contributed by atoms with Crippen LogP contribution >= 0.6 is 0 Å². The first-order valence-electron chi connectivity index (χ1n) is 10.6. The summed E-state index contributed by atoms with van der Waals surface area (Å²) in [5, 5.41) is 2.81. The molecule has 1 aromatic carbocycles. The SMILES string of the molecule is C[C@H](OC(=O)CN1C(=O)N[C@@]2(CCCC[C@@H]2C)C1=O)C(=O)N1CCc2ccccc21. The van der Waals surface area contributed by atoms with Crippen LogP contribution in [0.15, 0.2) is 24.3 Å². The average molecular weight is 413 g/mol. The zero-order chi connectivity index (χ0) is 21.5. The van der Waals surface area contributed by atoms with Crippen molar-refractivity contribution in [2.24, 2.45) is 5.92 Å². The van der Waals surface area contributed by atoms with Gasteiger partial charge < -0.3 is 15.0 Å². The van der Waals surface area contributed by atoms with Gasteiger partial charge in [-0.2, -0.15) is 0 Å². The number of urea groups is 1. The molecule has 3 atom stereocenters. The number of carbonyl (C=O) groups is 4. The van der Waals surface area contributed by atoms with Crippen molar-refractivity contribution in [3.8, 4) is 0 Å². The van der Waals surface area contributed by atoms with E-state index in [9.17, 15) is 19.2 Å². The van der Waals surface area contributed by atoms with Gasteiger partial charge >= 0.3 is 12.0 Å². The van der Waals surface area contributed by atoms with Gasteiger partial charge in [0, 0.05) is 12.2 Å². The molecule has 0 aromatic heterocycles. The van der Waals surface area contributed by atoms with E-state index >= 15 is 0 Å². The Morgan fingerprint density at radius 3 is 2.80 bits per heavy atom. The van der Waals surface area contributed by atoms with Crippen molar-refractivity contribution in [3.63, 3.8) is 0 Å². The molecule has 0 bridgehead atoms.